The highest BCUT2D eigenvalue weighted by Crippen LogP contribution is 2.25. The fourth-order valence-corrected chi connectivity index (χ4v) is 2.11. The average molecular weight is 342 g/mol. The molecule has 0 aliphatic heterocycles. The van der Waals surface area contributed by atoms with E-state index in [0.717, 1.165) is 10.0 Å². The molecule has 1 atom stereocenters. The van der Waals surface area contributed by atoms with E-state index in [4.69, 9.17) is 10.5 Å². The highest BCUT2D eigenvalue weighted by molar-refractivity contribution is 9.10. The maximum atomic E-state index is 11.9. The topological polar surface area (TPSA) is 44.5 Å². The van der Waals surface area contributed by atoms with Gasteiger partial charge in [0.25, 0.3) is 0 Å². The van der Waals surface area contributed by atoms with Crippen LogP contribution < -0.4 is 10.5 Å². The predicted octanol–water partition coefficient (Wildman–Crippen LogP) is 2.91. The van der Waals surface area contributed by atoms with Gasteiger partial charge in [0.2, 0.25) is 0 Å². The number of alkyl halides is 3. The maximum Gasteiger partial charge on any atom is 0.411 e. The van der Waals surface area contributed by atoms with Crippen molar-refractivity contribution < 1.29 is 22.6 Å². The SMILES string of the molecule is COc1ccc(CC(N)COCC(F)(F)F)cc1Br. The molecule has 19 heavy (non-hydrogen) atoms. The van der Waals surface area contributed by atoms with Gasteiger partial charge in [0, 0.05) is 6.04 Å². The lowest BCUT2D eigenvalue weighted by Gasteiger charge is -2.14. The van der Waals surface area contributed by atoms with E-state index < -0.39 is 18.8 Å². The Balaban J connectivity index is 2.44. The molecule has 0 saturated carbocycles. The summed E-state index contributed by atoms with van der Waals surface area (Å²) in [6, 6.07) is 4.92. The molecule has 0 aromatic heterocycles. The van der Waals surface area contributed by atoms with Crippen LogP contribution in [0.5, 0.6) is 5.75 Å². The van der Waals surface area contributed by atoms with Crippen LogP contribution >= 0.6 is 15.9 Å². The van der Waals surface area contributed by atoms with Crippen LogP contribution in [0.4, 0.5) is 13.2 Å². The highest BCUT2D eigenvalue weighted by Gasteiger charge is 2.27. The second-order valence-electron chi connectivity index (χ2n) is 4.06. The zero-order valence-electron chi connectivity index (χ0n) is 10.3. The van der Waals surface area contributed by atoms with Crippen LogP contribution in [0.15, 0.2) is 22.7 Å². The molecule has 1 aromatic rings. The summed E-state index contributed by atoms with van der Waals surface area (Å²) in [5.74, 6) is 0.686. The van der Waals surface area contributed by atoms with Crippen LogP contribution in [0.25, 0.3) is 0 Å². The zero-order chi connectivity index (χ0) is 14.5. The molecule has 0 aliphatic carbocycles. The number of rotatable bonds is 6. The Hall–Kier alpha value is -0.790. The Bertz CT molecular complexity index is 412. The highest BCUT2D eigenvalue weighted by atomic mass is 79.9. The first-order chi connectivity index (χ1) is 8.81. The van der Waals surface area contributed by atoms with Gasteiger partial charge >= 0.3 is 6.18 Å². The summed E-state index contributed by atoms with van der Waals surface area (Å²) in [6.07, 6.45) is -3.89. The monoisotopic (exact) mass is 341 g/mol. The number of hydrogen-bond donors (Lipinski definition) is 1. The first-order valence-corrected chi connectivity index (χ1v) is 6.33. The number of benzene rings is 1. The summed E-state index contributed by atoms with van der Waals surface area (Å²) in [5.41, 5.74) is 6.62. The van der Waals surface area contributed by atoms with Crippen LogP contribution in [0.2, 0.25) is 0 Å². The van der Waals surface area contributed by atoms with Gasteiger partial charge in [0.1, 0.15) is 12.4 Å². The van der Waals surface area contributed by atoms with Gasteiger partial charge < -0.3 is 15.2 Å². The molecule has 7 heteroatoms. The van der Waals surface area contributed by atoms with Crippen molar-refractivity contribution in [1.82, 2.24) is 0 Å². The molecule has 0 saturated heterocycles. The van der Waals surface area contributed by atoms with Gasteiger partial charge in [0.15, 0.2) is 0 Å². The fourth-order valence-electron chi connectivity index (χ4n) is 1.52. The third-order valence-corrected chi connectivity index (χ3v) is 2.93. The van der Waals surface area contributed by atoms with E-state index in [1.807, 2.05) is 12.1 Å². The van der Waals surface area contributed by atoms with Gasteiger partial charge in [-0.15, -0.1) is 0 Å². The second-order valence-corrected chi connectivity index (χ2v) is 4.92. The Morgan fingerprint density at radius 3 is 2.58 bits per heavy atom. The Morgan fingerprint density at radius 1 is 1.37 bits per heavy atom. The molecule has 3 nitrogen and oxygen atoms in total. The molecule has 1 unspecified atom stereocenters. The Morgan fingerprint density at radius 2 is 2.05 bits per heavy atom. The lowest BCUT2D eigenvalue weighted by molar-refractivity contribution is -0.174. The van der Waals surface area contributed by atoms with Crippen LogP contribution in [0.1, 0.15) is 5.56 Å². The first-order valence-electron chi connectivity index (χ1n) is 5.54. The molecular weight excluding hydrogens is 327 g/mol. The van der Waals surface area contributed by atoms with Gasteiger partial charge in [0.05, 0.1) is 18.2 Å². The van der Waals surface area contributed by atoms with Gasteiger partial charge in [-0.3, -0.25) is 0 Å². The average Bonchev–Trinajstić information content (AvgIpc) is 2.27. The summed E-state index contributed by atoms with van der Waals surface area (Å²) in [4.78, 5) is 0. The number of hydrogen-bond acceptors (Lipinski definition) is 3. The Labute approximate surface area is 118 Å². The minimum absolute atomic E-state index is 0.136. The normalized spacial score (nSPS) is 13.4. The molecule has 2 N–H and O–H groups in total. The van der Waals surface area contributed by atoms with Crippen LogP contribution in [-0.4, -0.2) is 32.5 Å². The van der Waals surface area contributed by atoms with E-state index in [9.17, 15) is 13.2 Å². The molecule has 0 heterocycles. The molecule has 0 radical (unpaired) electrons. The van der Waals surface area contributed by atoms with E-state index in [-0.39, 0.29) is 6.61 Å². The van der Waals surface area contributed by atoms with Crippen LogP contribution in [0.3, 0.4) is 0 Å². The predicted molar refractivity (Wildman–Crippen MR) is 69.2 cm³/mol. The quantitative estimate of drug-likeness (QED) is 0.865. The van der Waals surface area contributed by atoms with Crippen LogP contribution in [0, 0.1) is 0 Å². The summed E-state index contributed by atoms with van der Waals surface area (Å²) in [6.45, 7) is -1.41. The van der Waals surface area contributed by atoms with Gasteiger partial charge in [-0.25, -0.2) is 0 Å². The largest absolute Gasteiger partial charge is 0.496 e. The summed E-state index contributed by atoms with van der Waals surface area (Å²) in [5, 5.41) is 0. The third kappa shape index (κ3) is 6.26. The van der Waals surface area contributed by atoms with Crippen molar-refractivity contribution in [2.24, 2.45) is 5.73 Å². The lowest BCUT2D eigenvalue weighted by Crippen LogP contribution is -2.31. The third-order valence-electron chi connectivity index (χ3n) is 2.31. The summed E-state index contributed by atoms with van der Waals surface area (Å²) in [7, 11) is 1.55. The number of halogens is 4. The number of methoxy groups -OCH3 is 1. The van der Waals surface area contributed by atoms with Crippen molar-refractivity contribution in [1.29, 1.82) is 0 Å². The van der Waals surface area contributed by atoms with E-state index in [1.54, 1.807) is 13.2 Å². The van der Waals surface area contributed by atoms with Crippen molar-refractivity contribution in [2.75, 3.05) is 20.3 Å². The Kier molecular flexibility index (Phi) is 6.09. The van der Waals surface area contributed by atoms with Crippen molar-refractivity contribution >= 4 is 15.9 Å². The minimum atomic E-state index is -4.32. The molecule has 0 bridgehead atoms. The molecule has 0 spiro atoms. The number of nitrogens with two attached hydrogens (primary N) is 1. The fraction of sp³-hybridized carbons (Fsp3) is 0.500. The lowest BCUT2D eigenvalue weighted by atomic mass is 10.1. The second kappa shape index (κ2) is 7.12. The summed E-state index contributed by atoms with van der Waals surface area (Å²) < 4.78 is 46.0. The molecular formula is C12H15BrF3NO2. The zero-order valence-corrected chi connectivity index (χ0v) is 11.9. The molecule has 1 aromatic carbocycles. The van der Waals surface area contributed by atoms with Crippen molar-refractivity contribution in [2.45, 2.75) is 18.6 Å². The van der Waals surface area contributed by atoms with E-state index >= 15 is 0 Å². The van der Waals surface area contributed by atoms with Crippen LogP contribution in [-0.2, 0) is 11.2 Å². The molecule has 108 valence electrons. The number of ether oxygens (including phenoxy) is 2. The molecule has 0 aliphatic rings. The van der Waals surface area contributed by atoms with Crippen molar-refractivity contribution in [3.05, 3.63) is 28.2 Å². The van der Waals surface area contributed by atoms with Crippen molar-refractivity contribution in [3.8, 4) is 5.75 Å². The standard InChI is InChI=1S/C12H15BrF3NO2/c1-18-11-3-2-8(5-10(11)13)4-9(17)6-19-7-12(14,15)16/h2-3,5,9H,4,6-7,17H2,1H3. The maximum absolute atomic E-state index is 11.9. The first kappa shape index (κ1) is 16.3. The molecule has 1 rings (SSSR count). The van der Waals surface area contributed by atoms with Gasteiger partial charge in [-0.05, 0) is 40.0 Å². The minimum Gasteiger partial charge on any atom is -0.496 e. The van der Waals surface area contributed by atoms with E-state index in [1.165, 1.54) is 0 Å². The van der Waals surface area contributed by atoms with E-state index in [2.05, 4.69) is 20.7 Å². The van der Waals surface area contributed by atoms with Crippen molar-refractivity contribution in [3.63, 3.8) is 0 Å². The molecule has 0 amide bonds. The summed E-state index contributed by atoms with van der Waals surface area (Å²) >= 11 is 3.33. The smallest absolute Gasteiger partial charge is 0.411 e. The van der Waals surface area contributed by atoms with Gasteiger partial charge in [-0.2, -0.15) is 13.2 Å². The molecule has 0 fully saturated rings. The van der Waals surface area contributed by atoms with E-state index in [0.29, 0.717) is 12.2 Å². The van der Waals surface area contributed by atoms with Gasteiger partial charge in [-0.1, -0.05) is 6.07 Å².